The third kappa shape index (κ3) is 7.07. The maximum atomic E-state index is 12.5. The van der Waals surface area contributed by atoms with E-state index in [1.807, 2.05) is 31.2 Å². The number of carbonyl (C=O) groups excluding carboxylic acids is 1. The van der Waals surface area contributed by atoms with Gasteiger partial charge >= 0.3 is 5.97 Å². The summed E-state index contributed by atoms with van der Waals surface area (Å²) >= 11 is 14.2. The van der Waals surface area contributed by atoms with Crippen LogP contribution in [-0.4, -0.2) is 49.2 Å². The number of esters is 1. The molecule has 2 N–H and O–H groups in total. The van der Waals surface area contributed by atoms with E-state index in [0.717, 1.165) is 11.1 Å². The lowest BCUT2D eigenvalue weighted by Gasteiger charge is -2.32. The minimum Gasteiger partial charge on any atom is -0.489 e. The molecule has 0 amide bonds. The number of hydrogen-bond acceptors (Lipinski definition) is 6. The molecule has 2 aromatic carbocycles. The maximum absolute atomic E-state index is 12.5. The Hall–Kier alpha value is -0.910. The summed E-state index contributed by atoms with van der Waals surface area (Å²) in [5.74, 6) is 0.741. The fourth-order valence-electron chi connectivity index (χ4n) is 3.10. The second-order valence-corrected chi connectivity index (χ2v) is 11.0. The van der Waals surface area contributed by atoms with Crippen molar-refractivity contribution < 1.29 is 29.2 Å². The molecule has 10 heteroatoms. The van der Waals surface area contributed by atoms with Crippen molar-refractivity contribution in [2.24, 2.45) is 0 Å². The average molecular weight is 730 g/mol. The molecule has 34 heavy (non-hydrogen) atoms. The second kappa shape index (κ2) is 13.4. The van der Waals surface area contributed by atoms with Crippen molar-refractivity contribution in [2.75, 3.05) is 33.0 Å². The lowest BCUT2D eigenvalue weighted by atomic mass is 9.77. The van der Waals surface area contributed by atoms with E-state index >= 15 is 0 Å². The minimum atomic E-state index is -0.759. The van der Waals surface area contributed by atoms with Crippen LogP contribution in [0, 0.1) is 0 Å². The van der Waals surface area contributed by atoms with Crippen LogP contribution in [0.25, 0.3) is 0 Å². The largest absolute Gasteiger partial charge is 0.489 e. The molecule has 0 fully saturated rings. The first-order chi connectivity index (χ1) is 16.1. The van der Waals surface area contributed by atoms with Crippen LogP contribution in [0.3, 0.4) is 0 Å². The predicted molar refractivity (Wildman–Crippen MR) is 146 cm³/mol. The summed E-state index contributed by atoms with van der Waals surface area (Å²) in [7, 11) is 0. The number of hydrogen-bond donors (Lipinski definition) is 2. The number of allylic oxidation sites excluding steroid dienone is 1. The maximum Gasteiger partial charge on any atom is 0.333 e. The zero-order valence-corrected chi connectivity index (χ0v) is 25.3. The van der Waals surface area contributed by atoms with Gasteiger partial charge in [-0.3, -0.25) is 0 Å². The summed E-state index contributed by atoms with van der Waals surface area (Å²) in [5.41, 5.74) is 1.48. The molecule has 6 nitrogen and oxygen atoms in total. The molecule has 0 spiro atoms. The van der Waals surface area contributed by atoms with Gasteiger partial charge in [0.1, 0.15) is 31.3 Å². The van der Waals surface area contributed by atoms with Gasteiger partial charge in [-0.05, 0) is 120 Å². The highest BCUT2D eigenvalue weighted by atomic mass is 79.9. The lowest BCUT2D eigenvalue weighted by Crippen LogP contribution is -2.31. The summed E-state index contributed by atoms with van der Waals surface area (Å²) in [5, 5.41) is 18.2. The summed E-state index contributed by atoms with van der Waals surface area (Å²) in [6.45, 7) is 5.65. The quantitative estimate of drug-likeness (QED) is 0.209. The standard InChI is InChI=1S/C24H26Br4O6/c1-4-14(2)23(31)34-13-24(3,15-9-17(25)21(18(26)10-15)32-7-5-29)16-11-19(27)22(20(28)12-16)33-8-6-30/h4,9-12,29-30H,5-8,13H2,1-3H3. The molecule has 0 aromatic heterocycles. The van der Waals surface area contributed by atoms with Crippen molar-refractivity contribution >= 4 is 69.7 Å². The molecule has 0 saturated heterocycles. The lowest BCUT2D eigenvalue weighted by molar-refractivity contribution is -0.140. The van der Waals surface area contributed by atoms with Crippen molar-refractivity contribution in [3.8, 4) is 11.5 Å². The van der Waals surface area contributed by atoms with Gasteiger partial charge in [0.05, 0.1) is 36.5 Å². The summed E-state index contributed by atoms with van der Waals surface area (Å²) in [6.07, 6.45) is 1.71. The first kappa shape index (κ1) is 29.3. The topological polar surface area (TPSA) is 85.2 Å². The predicted octanol–water partition coefficient (Wildman–Crippen LogP) is 6.29. The number of aliphatic hydroxyl groups excluding tert-OH is 2. The van der Waals surface area contributed by atoms with E-state index in [4.69, 9.17) is 24.4 Å². The third-order valence-corrected chi connectivity index (χ3v) is 7.55. The van der Waals surface area contributed by atoms with Crippen molar-refractivity contribution in [1.82, 2.24) is 0 Å². The molecule has 0 aliphatic carbocycles. The normalized spacial score (nSPS) is 12.0. The Balaban J connectivity index is 2.61. The van der Waals surface area contributed by atoms with Crippen molar-refractivity contribution in [1.29, 1.82) is 0 Å². The summed E-state index contributed by atoms with van der Waals surface area (Å²) < 4.78 is 19.7. The smallest absolute Gasteiger partial charge is 0.333 e. The Morgan fingerprint density at radius 3 is 1.59 bits per heavy atom. The molecule has 186 valence electrons. The Morgan fingerprint density at radius 1 is 0.882 bits per heavy atom. The van der Waals surface area contributed by atoms with Crippen molar-refractivity contribution in [2.45, 2.75) is 26.2 Å². The van der Waals surface area contributed by atoms with E-state index in [9.17, 15) is 4.79 Å². The SMILES string of the molecule is CC=C(C)C(=O)OCC(C)(c1cc(Br)c(OCCO)c(Br)c1)c1cc(Br)c(OCCO)c(Br)c1. The molecule has 0 saturated carbocycles. The van der Waals surface area contributed by atoms with Crippen LogP contribution in [0.15, 0.2) is 53.8 Å². The van der Waals surface area contributed by atoms with Crippen LogP contribution >= 0.6 is 63.7 Å². The summed E-state index contributed by atoms with van der Waals surface area (Å²) in [6, 6.07) is 7.63. The van der Waals surface area contributed by atoms with E-state index in [0.29, 0.717) is 35.0 Å². The van der Waals surface area contributed by atoms with Crippen molar-refractivity contribution in [3.63, 3.8) is 0 Å². The van der Waals surface area contributed by atoms with Crippen molar-refractivity contribution in [3.05, 3.63) is 64.9 Å². The average Bonchev–Trinajstić information content (AvgIpc) is 2.80. The van der Waals surface area contributed by atoms with Crippen LogP contribution < -0.4 is 9.47 Å². The van der Waals surface area contributed by atoms with Gasteiger partial charge in [-0.1, -0.05) is 6.08 Å². The number of halogens is 4. The molecule has 2 aromatic rings. The van der Waals surface area contributed by atoms with Gasteiger partial charge in [-0.25, -0.2) is 4.79 Å². The van der Waals surface area contributed by atoms with Gasteiger partial charge in [-0.2, -0.15) is 0 Å². The van der Waals surface area contributed by atoms with E-state index in [1.165, 1.54) is 0 Å². The molecule has 0 atom stereocenters. The molecule has 0 radical (unpaired) electrons. The van der Waals surface area contributed by atoms with E-state index in [1.54, 1.807) is 19.9 Å². The molecular formula is C24H26Br4O6. The highest BCUT2D eigenvalue weighted by Gasteiger charge is 2.34. The van der Waals surface area contributed by atoms with Crippen LogP contribution in [-0.2, 0) is 14.9 Å². The Kier molecular flexibility index (Phi) is 11.6. The number of ether oxygens (including phenoxy) is 3. The van der Waals surface area contributed by atoms with Crippen LogP contribution in [0.1, 0.15) is 31.9 Å². The highest BCUT2D eigenvalue weighted by molar-refractivity contribution is 9.11. The number of aliphatic hydroxyl groups is 2. The van der Waals surface area contributed by atoms with E-state index < -0.39 is 11.4 Å². The van der Waals surface area contributed by atoms with Crippen LogP contribution in [0.5, 0.6) is 11.5 Å². The van der Waals surface area contributed by atoms with Gasteiger partial charge in [0, 0.05) is 5.57 Å². The Morgan fingerprint density at radius 2 is 1.26 bits per heavy atom. The third-order valence-electron chi connectivity index (χ3n) is 5.19. The Bertz CT molecular complexity index is 944. The van der Waals surface area contributed by atoms with Gasteiger partial charge in [-0.15, -0.1) is 0 Å². The molecule has 0 aliphatic heterocycles. The number of rotatable bonds is 11. The minimum absolute atomic E-state index is 0.0719. The molecular weight excluding hydrogens is 704 g/mol. The Labute approximate surface area is 233 Å². The number of benzene rings is 2. The van der Waals surface area contributed by atoms with Gasteiger partial charge in [0.2, 0.25) is 0 Å². The van der Waals surface area contributed by atoms with Crippen LogP contribution in [0.4, 0.5) is 0 Å². The molecule has 0 heterocycles. The molecule has 0 aliphatic rings. The molecule has 0 unspecified atom stereocenters. The van der Waals surface area contributed by atoms with E-state index in [-0.39, 0.29) is 33.0 Å². The zero-order valence-electron chi connectivity index (χ0n) is 19.0. The van der Waals surface area contributed by atoms with Gasteiger partial charge < -0.3 is 24.4 Å². The number of carbonyl (C=O) groups is 1. The molecule has 2 rings (SSSR count). The van der Waals surface area contributed by atoms with Gasteiger partial charge in [0.15, 0.2) is 0 Å². The fraction of sp³-hybridized carbons (Fsp3) is 0.375. The first-order valence-electron chi connectivity index (χ1n) is 10.3. The second-order valence-electron chi connectivity index (χ2n) is 7.56. The van der Waals surface area contributed by atoms with Gasteiger partial charge in [0.25, 0.3) is 0 Å². The zero-order chi connectivity index (χ0) is 25.5. The fourth-order valence-corrected chi connectivity index (χ4v) is 5.93. The summed E-state index contributed by atoms with van der Waals surface area (Å²) in [4.78, 5) is 12.5. The highest BCUT2D eigenvalue weighted by Crippen LogP contribution is 2.44. The monoisotopic (exact) mass is 726 g/mol. The van der Waals surface area contributed by atoms with E-state index in [2.05, 4.69) is 63.7 Å². The molecule has 0 bridgehead atoms. The first-order valence-corrected chi connectivity index (χ1v) is 13.5. The van der Waals surface area contributed by atoms with Crippen LogP contribution in [0.2, 0.25) is 0 Å².